The van der Waals surface area contributed by atoms with E-state index in [1.807, 2.05) is 12.1 Å². The summed E-state index contributed by atoms with van der Waals surface area (Å²) in [6.07, 6.45) is 11.8. The van der Waals surface area contributed by atoms with Crippen LogP contribution in [0.25, 0.3) is 5.57 Å². The molecule has 1 saturated heterocycles. The largest absolute Gasteiger partial charge is 0.326 e. The maximum Gasteiger partial charge on any atom is 0.291 e. The van der Waals surface area contributed by atoms with Crippen LogP contribution in [0.15, 0.2) is 30.5 Å². The van der Waals surface area contributed by atoms with Crippen molar-refractivity contribution in [2.24, 2.45) is 0 Å². The number of nitrogens with one attached hydrogen (secondary N) is 3. The fourth-order valence-corrected chi connectivity index (χ4v) is 4.28. The van der Waals surface area contributed by atoms with Crippen LogP contribution >= 0.6 is 0 Å². The van der Waals surface area contributed by atoms with Gasteiger partial charge in [0.05, 0.1) is 6.20 Å². The summed E-state index contributed by atoms with van der Waals surface area (Å²) < 4.78 is 0. The number of hydrogen-bond donors (Lipinski definition) is 3. The first-order valence-corrected chi connectivity index (χ1v) is 10.5. The molecule has 0 spiro atoms. The number of aromatic nitrogens is 2. The van der Waals surface area contributed by atoms with Gasteiger partial charge in [0.2, 0.25) is 0 Å². The van der Waals surface area contributed by atoms with Crippen LogP contribution in [0.5, 0.6) is 0 Å². The van der Waals surface area contributed by atoms with Crippen LogP contribution in [0, 0.1) is 11.3 Å². The van der Waals surface area contributed by atoms with Gasteiger partial charge in [-0.2, -0.15) is 5.26 Å². The van der Waals surface area contributed by atoms with E-state index in [-0.39, 0.29) is 17.4 Å². The Labute approximate surface area is 171 Å². The number of amides is 1. The maximum atomic E-state index is 12.7. The van der Waals surface area contributed by atoms with Crippen molar-refractivity contribution in [1.82, 2.24) is 15.3 Å². The van der Waals surface area contributed by atoms with Crippen LogP contribution in [-0.2, 0) is 0 Å². The van der Waals surface area contributed by atoms with E-state index in [0.29, 0.717) is 5.92 Å². The van der Waals surface area contributed by atoms with Crippen LogP contribution < -0.4 is 10.6 Å². The van der Waals surface area contributed by atoms with Crippen LogP contribution in [0.3, 0.4) is 0 Å². The summed E-state index contributed by atoms with van der Waals surface area (Å²) in [5, 5.41) is 15.4. The maximum absolute atomic E-state index is 12.7. The van der Waals surface area contributed by atoms with Gasteiger partial charge in [0.1, 0.15) is 11.8 Å². The standard InChI is InChI=1S/C23H27N5O/c24-14-19-15-26-22(27-19)23(29)28-21-8-7-18(16-9-11-25-12-10-16)13-20(21)17-5-3-1-2-4-6-17/h5,7-8,13,15-16,25H,1-4,6,9-12H2,(H,26,27)(H,28,29). The molecule has 3 N–H and O–H groups in total. The van der Waals surface area contributed by atoms with E-state index in [1.54, 1.807) is 0 Å². The fourth-order valence-electron chi connectivity index (χ4n) is 4.28. The minimum atomic E-state index is -0.323. The van der Waals surface area contributed by atoms with Gasteiger partial charge < -0.3 is 15.6 Å². The Bertz CT molecular complexity index is 946. The van der Waals surface area contributed by atoms with Crippen molar-refractivity contribution in [2.45, 2.75) is 50.9 Å². The van der Waals surface area contributed by atoms with Crippen LogP contribution in [0.1, 0.15) is 78.3 Å². The molecule has 150 valence electrons. The molecule has 0 saturated carbocycles. The number of nitriles is 1. The number of allylic oxidation sites excluding steroid dienone is 2. The molecule has 2 heterocycles. The van der Waals surface area contributed by atoms with Gasteiger partial charge in [-0.3, -0.25) is 4.79 Å². The molecule has 0 bridgehead atoms. The fraction of sp³-hybridized carbons (Fsp3) is 0.435. The monoisotopic (exact) mass is 389 g/mol. The summed E-state index contributed by atoms with van der Waals surface area (Å²) in [5.41, 5.74) is 4.90. The van der Waals surface area contributed by atoms with Gasteiger partial charge in [0.25, 0.3) is 5.91 Å². The van der Waals surface area contributed by atoms with E-state index in [1.165, 1.54) is 36.6 Å². The quantitative estimate of drug-likeness (QED) is 0.725. The van der Waals surface area contributed by atoms with Crippen molar-refractivity contribution in [3.8, 4) is 6.07 Å². The van der Waals surface area contributed by atoms with Crippen molar-refractivity contribution in [1.29, 1.82) is 5.26 Å². The molecule has 4 rings (SSSR count). The molecule has 2 aliphatic rings. The molecule has 2 aromatic rings. The first kappa shape index (κ1) is 19.4. The summed E-state index contributed by atoms with van der Waals surface area (Å²) in [4.78, 5) is 19.5. The van der Waals surface area contributed by atoms with E-state index >= 15 is 0 Å². The van der Waals surface area contributed by atoms with E-state index in [4.69, 9.17) is 5.26 Å². The third kappa shape index (κ3) is 4.57. The lowest BCUT2D eigenvalue weighted by molar-refractivity contribution is 0.101. The zero-order valence-corrected chi connectivity index (χ0v) is 16.6. The Kier molecular flexibility index (Phi) is 6.06. The summed E-state index contributed by atoms with van der Waals surface area (Å²) in [6, 6.07) is 8.43. The average Bonchev–Trinajstić information content (AvgIpc) is 3.09. The molecule has 1 aliphatic carbocycles. The van der Waals surface area contributed by atoms with Gasteiger partial charge in [-0.05, 0) is 80.8 Å². The average molecular weight is 390 g/mol. The summed E-state index contributed by atoms with van der Waals surface area (Å²) in [5.74, 6) is 0.399. The minimum absolute atomic E-state index is 0.157. The molecule has 1 amide bonds. The number of nitrogens with zero attached hydrogens (tertiary/aromatic N) is 2. The number of anilines is 1. The number of rotatable bonds is 4. The lowest BCUT2D eigenvalue weighted by Gasteiger charge is -2.24. The topological polar surface area (TPSA) is 93.6 Å². The molecule has 1 fully saturated rings. The van der Waals surface area contributed by atoms with Gasteiger partial charge in [-0.25, -0.2) is 4.98 Å². The van der Waals surface area contributed by atoms with E-state index in [9.17, 15) is 4.79 Å². The van der Waals surface area contributed by atoms with Crippen molar-refractivity contribution >= 4 is 17.2 Å². The third-order valence-electron chi connectivity index (χ3n) is 5.90. The number of carbonyl (C=O) groups excluding carboxylic acids is 1. The molecule has 6 nitrogen and oxygen atoms in total. The number of hydrogen-bond acceptors (Lipinski definition) is 4. The van der Waals surface area contributed by atoms with Gasteiger partial charge in [0, 0.05) is 11.3 Å². The van der Waals surface area contributed by atoms with Crippen molar-refractivity contribution in [2.75, 3.05) is 18.4 Å². The second-order valence-corrected chi connectivity index (χ2v) is 7.87. The predicted molar refractivity (Wildman–Crippen MR) is 114 cm³/mol. The van der Waals surface area contributed by atoms with Gasteiger partial charge in [-0.1, -0.05) is 18.6 Å². The number of aromatic amines is 1. The SMILES string of the molecule is N#Cc1cnc(C(=O)Nc2ccc(C3CCNCC3)cc2C2=CCCCCC2)[nH]1. The number of imidazole rings is 1. The second-order valence-electron chi connectivity index (χ2n) is 7.87. The number of piperidine rings is 1. The van der Waals surface area contributed by atoms with Crippen LogP contribution in [0.2, 0.25) is 0 Å². The van der Waals surface area contributed by atoms with Gasteiger partial charge in [0.15, 0.2) is 5.82 Å². The number of carbonyl (C=O) groups is 1. The molecule has 0 radical (unpaired) electrons. The Morgan fingerprint density at radius 1 is 1.21 bits per heavy atom. The van der Waals surface area contributed by atoms with Crippen molar-refractivity contribution < 1.29 is 4.79 Å². The zero-order chi connectivity index (χ0) is 20.1. The molecule has 1 aromatic carbocycles. The highest BCUT2D eigenvalue weighted by Gasteiger charge is 2.20. The highest BCUT2D eigenvalue weighted by atomic mass is 16.2. The predicted octanol–water partition coefficient (Wildman–Crippen LogP) is 4.35. The lowest BCUT2D eigenvalue weighted by Crippen LogP contribution is -2.26. The number of H-pyrrole nitrogens is 1. The molecule has 0 atom stereocenters. The molecule has 0 unspecified atom stereocenters. The summed E-state index contributed by atoms with van der Waals surface area (Å²) >= 11 is 0. The first-order chi connectivity index (χ1) is 14.2. The Morgan fingerprint density at radius 3 is 2.86 bits per heavy atom. The first-order valence-electron chi connectivity index (χ1n) is 10.5. The highest BCUT2D eigenvalue weighted by Crippen LogP contribution is 2.35. The Hall–Kier alpha value is -2.91. The highest BCUT2D eigenvalue weighted by molar-refractivity contribution is 6.03. The molecule has 1 aliphatic heterocycles. The normalized spacial score (nSPS) is 17.8. The number of benzene rings is 1. The van der Waals surface area contributed by atoms with Crippen molar-refractivity contribution in [3.63, 3.8) is 0 Å². The van der Waals surface area contributed by atoms with Crippen LogP contribution in [0.4, 0.5) is 5.69 Å². The lowest BCUT2D eigenvalue weighted by atomic mass is 9.87. The third-order valence-corrected chi connectivity index (χ3v) is 5.90. The summed E-state index contributed by atoms with van der Waals surface area (Å²) in [6.45, 7) is 2.11. The molecular formula is C23H27N5O. The second kappa shape index (κ2) is 9.06. The zero-order valence-electron chi connectivity index (χ0n) is 16.6. The molecule has 29 heavy (non-hydrogen) atoms. The minimum Gasteiger partial charge on any atom is -0.326 e. The van der Waals surface area contributed by atoms with Crippen LogP contribution in [-0.4, -0.2) is 29.0 Å². The van der Waals surface area contributed by atoms with E-state index in [0.717, 1.165) is 50.0 Å². The van der Waals surface area contributed by atoms with Gasteiger partial charge >= 0.3 is 0 Å². The van der Waals surface area contributed by atoms with E-state index < -0.39 is 0 Å². The molecule has 1 aromatic heterocycles. The summed E-state index contributed by atoms with van der Waals surface area (Å²) in [7, 11) is 0. The van der Waals surface area contributed by atoms with Gasteiger partial charge in [-0.15, -0.1) is 0 Å². The van der Waals surface area contributed by atoms with Crippen molar-refractivity contribution in [3.05, 3.63) is 53.1 Å². The molecular weight excluding hydrogens is 362 g/mol. The molecule has 6 heteroatoms. The Balaban J connectivity index is 1.65. The smallest absolute Gasteiger partial charge is 0.291 e. The van der Waals surface area contributed by atoms with E-state index in [2.05, 4.69) is 38.8 Å². The Morgan fingerprint density at radius 2 is 2.07 bits per heavy atom.